The molecule has 0 aliphatic carbocycles. The minimum absolute atomic E-state index is 0. The highest BCUT2D eigenvalue weighted by molar-refractivity contribution is 6.11. The molecule has 0 bridgehead atoms. The van der Waals surface area contributed by atoms with Gasteiger partial charge in [-0.3, -0.25) is 15.5 Å². The maximum Gasteiger partial charge on any atom is 0.260 e. The van der Waals surface area contributed by atoms with Gasteiger partial charge in [-0.25, -0.2) is 0 Å². The van der Waals surface area contributed by atoms with Gasteiger partial charge in [0.15, 0.2) is 5.96 Å². The summed E-state index contributed by atoms with van der Waals surface area (Å²) in [5.74, 6) is -0.731. The fourth-order valence-electron chi connectivity index (χ4n) is 1.45. The number of aromatic nitrogens is 1. The Morgan fingerprint density at radius 2 is 2.06 bits per heavy atom. The van der Waals surface area contributed by atoms with E-state index in [1.54, 1.807) is 6.20 Å². The molecule has 1 aromatic heterocycles. The van der Waals surface area contributed by atoms with Gasteiger partial charge in [0.25, 0.3) is 5.91 Å². The Morgan fingerprint density at radius 1 is 1.38 bits per heavy atom. The van der Waals surface area contributed by atoms with Crippen molar-refractivity contribution in [2.24, 2.45) is 5.73 Å². The number of hydrogen-bond acceptors (Lipinski definition) is 2. The van der Waals surface area contributed by atoms with E-state index in [1.807, 2.05) is 24.3 Å². The molecule has 5 nitrogen and oxygen atoms in total. The first-order valence-corrected chi connectivity index (χ1v) is 4.40. The summed E-state index contributed by atoms with van der Waals surface area (Å²) in [5, 5.41) is 10.0. The number of fused-ring (bicyclic) bond motifs is 1. The van der Waals surface area contributed by atoms with Crippen molar-refractivity contribution in [3.8, 4) is 0 Å². The van der Waals surface area contributed by atoms with Gasteiger partial charge in [0.05, 0.1) is 5.56 Å². The van der Waals surface area contributed by atoms with E-state index in [2.05, 4.69) is 10.3 Å². The van der Waals surface area contributed by atoms with E-state index < -0.39 is 0 Å². The molecule has 0 atom stereocenters. The first-order valence-electron chi connectivity index (χ1n) is 4.40. The van der Waals surface area contributed by atoms with E-state index in [1.165, 1.54) is 0 Å². The second-order valence-electron chi connectivity index (χ2n) is 3.12. The van der Waals surface area contributed by atoms with Crippen LogP contribution in [0.25, 0.3) is 10.9 Å². The van der Waals surface area contributed by atoms with E-state index in [0.29, 0.717) is 5.56 Å². The predicted octanol–water partition coefficient (Wildman–Crippen LogP) is 1.21. The molecule has 0 saturated carbocycles. The van der Waals surface area contributed by atoms with E-state index in [0.717, 1.165) is 10.9 Å². The Morgan fingerprint density at radius 3 is 2.75 bits per heavy atom. The molecular formula is C10H11ClN4O. The minimum atomic E-state index is -0.375. The van der Waals surface area contributed by atoms with E-state index in [4.69, 9.17) is 11.1 Å². The lowest BCUT2D eigenvalue weighted by Gasteiger charge is -2.00. The number of H-pyrrole nitrogens is 1. The molecule has 6 heteroatoms. The molecule has 0 aliphatic heterocycles. The number of nitrogens with one attached hydrogen (secondary N) is 3. The summed E-state index contributed by atoms with van der Waals surface area (Å²) in [6.45, 7) is 0. The zero-order chi connectivity index (χ0) is 10.8. The molecule has 5 N–H and O–H groups in total. The molecule has 2 aromatic rings. The zero-order valence-corrected chi connectivity index (χ0v) is 9.10. The Labute approximate surface area is 97.9 Å². The molecule has 1 heterocycles. The van der Waals surface area contributed by atoms with E-state index >= 15 is 0 Å². The molecule has 1 amide bonds. The highest BCUT2D eigenvalue weighted by Gasteiger charge is 2.11. The molecule has 1 aromatic carbocycles. The van der Waals surface area contributed by atoms with Crippen molar-refractivity contribution in [2.45, 2.75) is 0 Å². The highest BCUT2D eigenvalue weighted by atomic mass is 35.5. The van der Waals surface area contributed by atoms with E-state index in [9.17, 15) is 4.79 Å². The fraction of sp³-hybridized carbons (Fsp3) is 0. The number of carbonyl (C=O) groups excluding carboxylic acids is 1. The molecule has 84 valence electrons. The third-order valence-corrected chi connectivity index (χ3v) is 2.08. The first-order chi connectivity index (χ1) is 7.18. The number of amides is 1. The number of para-hydroxylation sites is 1. The van der Waals surface area contributed by atoms with Crippen molar-refractivity contribution in [1.29, 1.82) is 5.41 Å². The number of nitrogens with two attached hydrogens (primary N) is 1. The summed E-state index contributed by atoms with van der Waals surface area (Å²) in [6.07, 6.45) is 1.60. The molecule has 0 radical (unpaired) electrons. The number of rotatable bonds is 1. The van der Waals surface area contributed by atoms with Crippen LogP contribution < -0.4 is 11.1 Å². The van der Waals surface area contributed by atoms with Crippen LogP contribution in [0.2, 0.25) is 0 Å². The predicted molar refractivity (Wildman–Crippen MR) is 64.9 cm³/mol. The number of halogens is 1. The van der Waals surface area contributed by atoms with Crippen molar-refractivity contribution in [3.63, 3.8) is 0 Å². The largest absolute Gasteiger partial charge is 0.370 e. The van der Waals surface area contributed by atoms with Gasteiger partial charge in [-0.2, -0.15) is 0 Å². The first kappa shape index (κ1) is 12.1. The lowest BCUT2D eigenvalue weighted by atomic mass is 10.1. The van der Waals surface area contributed by atoms with Gasteiger partial charge in [0.1, 0.15) is 0 Å². The van der Waals surface area contributed by atoms with Crippen molar-refractivity contribution in [1.82, 2.24) is 10.3 Å². The molecule has 0 spiro atoms. The molecule has 0 aliphatic rings. The van der Waals surface area contributed by atoms with Crippen LogP contribution in [-0.2, 0) is 0 Å². The Balaban J connectivity index is 0.00000128. The molecule has 2 rings (SSSR count). The lowest BCUT2D eigenvalue weighted by molar-refractivity contribution is 0.0978. The summed E-state index contributed by atoms with van der Waals surface area (Å²) in [4.78, 5) is 14.5. The smallest absolute Gasteiger partial charge is 0.260 e. The highest BCUT2D eigenvalue weighted by Crippen LogP contribution is 2.17. The van der Waals surface area contributed by atoms with Gasteiger partial charge in [-0.15, -0.1) is 12.4 Å². The monoisotopic (exact) mass is 238 g/mol. The van der Waals surface area contributed by atoms with Crippen LogP contribution in [0.4, 0.5) is 0 Å². The normalized spacial score (nSPS) is 9.50. The summed E-state index contributed by atoms with van der Waals surface area (Å²) < 4.78 is 0. The zero-order valence-electron chi connectivity index (χ0n) is 8.28. The summed E-state index contributed by atoms with van der Waals surface area (Å²) in [7, 11) is 0. The van der Waals surface area contributed by atoms with Crippen LogP contribution >= 0.6 is 12.4 Å². The van der Waals surface area contributed by atoms with Gasteiger partial charge in [-0.1, -0.05) is 18.2 Å². The van der Waals surface area contributed by atoms with Crippen LogP contribution in [0, 0.1) is 5.41 Å². The maximum absolute atomic E-state index is 11.6. The van der Waals surface area contributed by atoms with Crippen molar-refractivity contribution in [3.05, 3.63) is 36.0 Å². The van der Waals surface area contributed by atoms with Gasteiger partial charge < -0.3 is 10.7 Å². The molecule has 0 unspecified atom stereocenters. The van der Waals surface area contributed by atoms with Crippen LogP contribution in [0.5, 0.6) is 0 Å². The summed E-state index contributed by atoms with van der Waals surface area (Å²) >= 11 is 0. The van der Waals surface area contributed by atoms with Crippen LogP contribution in [0.1, 0.15) is 10.4 Å². The van der Waals surface area contributed by atoms with Crippen molar-refractivity contribution >= 4 is 35.2 Å². The van der Waals surface area contributed by atoms with Crippen LogP contribution in [0.15, 0.2) is 30.5 Å². The van der Waals surface area contributed by atoms with Crippen LogP contribution in [-0.4, -0.2) is 16.9 Å². The Kier molecular flexibility index (Phi) is 3.52. The number of carbonyl (C=O) groups is 1. The molecule has 16 heavy (non-hydrogen) atoms. The number of hydrogen-bond donors (Lipinski definition) is 4. The van der Waals surface area contributed by atoms with Crippen LogP contribution in [0.3, 0.4) is 0 Å². The second kappa shape index (κ2) is 4.67. The average molecular weight is 239 g/mol. The van der Waals surface area contributed by atoms with Gasteiger partial charge in [0, 0.05) is 17.1 Å². The molecule has 0 fully saturated rings. The van der Waals surface area contributed by atoms with Crippen molar-refractivity contribution < 1.29 is 4.79 Å². The Bertz CT molecular complexity index is 534. The third-order valence-electron chi connectivity index (χ3n) is 2.08. The number of benzene rings is 1. The minimum Gasteiger partial charge on any atom is -0.370 e. The van der Waals surface area contributed by atoms with Gasteiger partial charge >= 0.3 is 0 Å². The summed E-state index contributed by atoms with van der Waals surface area (Å²) in [6, 6.07) is 7.44. The standard InChI is InChI=1S/C10H10N4O.ClH/c11-10(12)14-9(15)7-5-13-8-4-2-1-3-6(7)8;/h1-5,13H,(H4,11,12,14,15);1H. The SMILES string of the molecule is Cl.N=C(N)NC(=O)c1c[nH]c2ccccc12. The molecular weight excluding hydrogens is 228 g/mol. The number of guanidine groups is 1. The maximum atomic E-state index is 11.6. The van der Waals surface area contributed by atoms with Gasteiger partial charge in [0.2, 0.25) is 0 Å². The molecule has 0 saturated heterocycles. The average Bonchev–Trinajstić information content (AvgIpc) is 2.59. The van der Waals surface area contributed by atoms with Crippen molar-refractivity contribution in [2.75, 3.05) is 0 Å². The lowest BCUT2D eigenvalue weighted by Crippen LogP contribution is -2.35. The summed E-state index contributed by atoms with van der Waals surface area (Å²) in [5.41, 5.74) is 6.45. The second-order valence-corrected chi connectivity index (χ2v) is 3.12. The quantitative estimate of drug-likeness (QED) is 0.444. The third kappa shape index (κ3) is 2.14. The van der Waals surface area contributed by atoms with E-state index in [-0.39, 0.29) is 24.3 Å². The number of aromatic amines is 1. The topological polar surface area (TPSA) is 94.8 Å². The van der Waals surface area contributed by atoms with Gasteiger partial charge in [-0.05, 0) is 6.07 Å². The fourth-order valence-corrected chi connectivity index (χ4v) is 1.45. The Hall–Kier alpha value is -2.01.